The molecule has 2 N–H and O–H groups in total. The topological polar surface area (TPSA) is 102 Å². The highest BCUT2D eigenvalue weighted by Gasteiger charge is 2.21. The van der Waals surface area contributed by atoms with Crippen LogP contribution in [0.1, 0.15) is 32.9 Å². The van der Waals surface area contributed by atoms with Crippen molar-refractivity contribution in [3.63, 3.8) is 0 Å². The van der Waals surface area contributed by atoms with Gasteiger partial charge in [-0.15, -0.1) is 0 Å². The molecule has 0 aliphatic rings. The first-order chi connectivity index (χ1) is 12.3. The molecule has 8 nitrogen and oxygen atoms in total. The van der Waals surface area contributed by atoms with Crippen LogP contribution in [-0.2, 0) is 16.1 Å². The summed E-state index contributed by atoms with van der Waals surface area (Å²) < 4.78 is 6.72. The number of hydrogen-bond acceptors (Lipinski definition) is 5. The zero-order valence-electron chi connectivity index (χ0n) is 15.3. The molecule has 0 radical (unpaired) electrons. The molecule has 0 saturated carbocycles. The standard InChI is InChI=1S/C18H22N4O4/c1-11-5-7-14(8-6-11)9-22-13(3)16(12(2)21-22)17(24)26-10-15(23)20-18(25)19-4/h5-8H,9-10H2,1-4H3,(H2,19,20,23,25). The molecule has 0 fully saturated rings. The second-order valence-corrected chi connectivity index (χ2v) is 5.89. The third-order valence-corrected chi connectivity index (χ3v) is 3.85. The number of rotatable bonds is 5. The maximum Gasteiger partial charge on any atom is 0.342 e. The number of esters is 1. The third-order valence-electron chi connectivity index (χ3n) is 3.85. The summed E-state index contributed by atoms with van der Waals surface area (Å²) in [5.74, 6) is -1.36. The van der Waals surface area contributed by atoms with E-state index in [0.29, 0.717) is 23.5 Å². The van der Waals surface area contributed by atoms with Crippen LogP contribution >= 0.6 is 0 Å². The normalized spacial score (nSPS) is 10.3. The van der Waals surface area contributed by atoms with Crippen molar-refractivity contribution in [2.75, 3.05) is 13.7 Å². The molecule has 0 unspecified atom stereocenters. The minimum atomic E-state index is -0.708. The van der Waals surface area contributed by atoms with Gasteiger partial charge in [0.1, 0.15) is 5.56 Å². The van der Waals surface area contributed by atoms with Crippen molar-refractivity contribution in [1.82, 2.24) is 20.4 Å². The van der Waals surface area contributed by atoms with Crippen molar-refractivity contribution in [3.8, 4) is 0 Å². The van der Waals surface area contributed by atoms with E-state index in [2.05, 4.69) is 10.4 Å². The average Bonchev–Trinajstić information content (AvgIpc) is 2.88. The molecular formula is C18H22N4O4. The molecule has 0 bridgehead atoms. The van der Waals surface area contributed by atoms with Crippen LogP contribution in [0.5, 0.6) is 0 Å². The molecule has 0 aliphatic carbocycles. The van der Waals surface area contributed by atoms with Crippen molar-refractivity contribution in [2.24, 2.45) is 0 Å². The van der Waals surface area contributed by atoms with Crippen LogP contribution in [0.15, 0.2) is 24.3 Å². The van der Waals surface area contributed by atoms with Crippen molar-refractivity contribution in [2.45, 2.75) is 27.3 Å². The van der Waals surface area contributed by atoms with Gasteiger partial charge in [-0.25, -0.2) is 9.59 Å². The number of aromatic nitrogens is 2. The highest BCUT2D eigenvalue weighted by Crippen LogP contribution is 2.16. The maximum atomic E-state index is 12.3. The summed E-state index contributed by atoms with van der Waals surface area (Å²) in [5.41, 5.74) is 3.73. The fraction of sp³-hybridized carbons (Fsp3) is 0.333. The first-order valence-electron chi connectivity index (χ1n) is 8.10. The number of nitrogens with one attached hydrogen (secondary N) is 2. The van der Waals surface area contributed by atoms with Crippen LogP contribution in [0, 0.1) is 20.8 Å². The Kier molecular flexibility index (Phi) is 6.11. The number of urea groups is 1. The van der Waals surface area contributed by atoms with E-state index in [0.717, 1.165) is 5.56 Å². The Morgan fingerprint density at radius 3 is 2.38 bits per heavy atom. The molecule has 26 heavy (non-hydrogen) atoms. The predicted octanol–water partition coefficient (Wildman–Crippen LogP) is 1.47. The molecule has 3 amide bonds. The van der Waals surface area contributed by atoms with Gasteiger partial charge in [-0.05, 0) is 26.3 Å². The van der Waals surface area contributed by atoms with Gasteiger partial charge in [0.2, 0.25) is 0 Å². The van der Waals surface area contributed by atoms with Crippen LogP contribution in [-0.4, -0.2) is 41.3 Å². The number of carbonyl (C=O) groups is 3. The summed E-state index contributed by atoms with van der Waals surface area (Å²) in [7, 11) is 1.38. The Labute approximate surface area is 151 Å². The van der Waals surface area contributed by atoms with Crippen LogP contribution in [0.3, 0.4) is 0 Å². The Morgan fingerprint density at radius 1 is 1.12 bits per heavy atom. The Morgan fingerprint density at radius 2 is 1.77 bits per heavy atom. The molecule has 0 atom stereocenters. The van der Waals surface area contributed by atoms with Crippen LogP contribution in [0.4, 0.5) is 4.79 Å². The van der Waals surface area contributed by atoms with E-state index in [1.807, 2.05) is 36.5 Å². The van der Waals surface area contributed by atoms with Gasteiger partial charge in [-0.1, -0.05) is 29.8 Å². The molecule has 0 spiro atoms. The highest BCUT2D eigenvalue weighted by molar-refractivity contribution is 5.97. The summed E-state index contributed by atoms with van der Waals surface area (Å²) >= 11 is 0. The second kappa shape index (κ2) is 8.28. The van der Waals surface area contributed by atoms with E-state index in [1.165, 1.54) is 12.6 Å². The molecule has 0 aliphatic heterocycles. The van der Waals surface area contributed by atoms with E-state index < -0.39 is 24.5 Å². The van der Waals surface area contributed by atoms with Crippen molar-refractivity contribution >= 4 is 17.9 Å². The summed E-state index contributed by atoms with van der Waals surface area (Å²) in [6.07, 6.45) is 0. The van der Waals surface area contributed by atoms with E-state index >= 15 is 0 Å². The number of aryl methyl sites for hydroxylation is 2. The van der Waals surface area contributed by atoms with Gasteiger partial charge in [-0.3, -0.25) is 14.8 Å². The first-order valence-corrected chi connectivity index (χ1v) is 8.10. The van der Waals surface area contributed by atoms with Crippen molar-refractivity contribution in [3.05, 3.63) is 52.3 Å². The monoisotopic (exact) mass is 358 g/mol. The van der Waals surface area contributed by atoms with Crippen LogP contribution < -0.4 is 10.6 Å². The lowest BCUT2D eigenvalue weighted by Crippen LogP contribution is -2.39. The molecule has 138 valence electrons. The number of hydrogen-bond donors (Lipinski definition) is 2. The number of carbonyl (C=O) groups excluding carboxylic acids is 3. The van der Waals surface area contributed by atoms with E-state index in [9.17, 15) is 14.4 Å². The lowest BCUT2D eigenvalue weighted by molar-refractivity contribution is -0.123. The van der Waals surface area contributed by atoms with Crippen LogP contribution in [0.2, 0.25) is 0 Å². The minimum absolute atomic E-state index is 0.324. The van der Waals surface area contributed by atoms with Crippen molar-refractivity contribution < 1.29 is 19.1 Å². The maximum absolute atomic E-state index is 12.3. The van der Waals surface area contributed by atoms with Gasteiger partial charge < -0.3 is 10.1 Å². The fourth-order valence-corrected chi connectivity index (χ4v) is 2.44. The zero-order chi connectivity index (χ0) is 19.3. The first kappa shape index (κ1) is 19.2. The van der Waals surface area contributed by atoms with Gasteiger partial charge in [0.05, 0.1) is 17.9 Å². The van der Waals surface area contributed by atoms with Crippen molar-refractivity contribution in [1.29, 1.82) is 0 Å². The molecule has 1 aromatic heterocycles. The van der Waals surface area contributed by atoms with Gasteiger partial charge in [0.15, 0.2) is 6.61 Å². The lowest BCUT2D eigenvalue weighted by atomic mass is 10.1. The quantitative estimate of drug-likeness (QED) is 0.788. The second-order valence-electron chi connectivity index (χ2n) is 5.89. The summed E-state index contributed by atoms with van der Waals surface area (Å²) in [4.78, 5) is 34.9. The SMILES string of the molecule is CNC(=O)NC(=O)COC(=O)c1c(C)nn(Cc2ccc(C)cc2)c1C. The van der Waals surface area contributed by atoms with Gasteiger partial charge in [-0.2, -0.15) is 5.10 Å². The minimum Gasteiger partial charge on any atom is -0.452 e. The third kappa shape index (κ3) is 4.69. The molecule has 1 heterocycles. The number of benzene rings is 1. The molecule has 8 heteroatoms. The molecular weight excluding hydrogens is 336 g/mol. The van der Waals surface area contributed by atoms with Gasteiger partial charge in [0.25, 0.3) is 5.91 Å². The number of ether oxygens (including phenoxy) is 1. The van der Waals surface area contributed by atoms with E-state index in [1.54, 1.807) is 18.5 Å². The van der Waals surface area contributed by atoms with Gasteiger partial charge >= 0.3 is 12.0 Å². The summed E-state index contributed by atoms with van der Waals surface area (Å²) in [5, 5.41) is 8.65. The molecule has 0 saturated heterocycles. The Bertz CT molecular complexity index is 824. The largest absolute Gasteiger partial charge is 0.452 e. The van der Waals surface area contributed by atoms with E-state index in [4.69, 9.17) is 4.74 Å². The zero-order valence-corrected chi connectivity index (χ0v) is 15.3. The number of nitrogens with zero attached hydrogens (tertiary/aromatic N) is 2. The molecule has 2 aromatic rings. The lowest BCUT2D eigenvalue weighted by Gasteiger charge is -2.07. The highest BCUT2D eigenvalue weighted by atomic mass is 16.5. The Hall–Kier alpha value is -3.16. The predicted molar refractivity (Wildman–Crippen MR) is 94.9 cm³/mol. The van der Waals surface area contributed by atoms with Gasteiger partial charge in [0, 0.05) is 7.05 Å². The number of amides is 3. The van der Waals surface area contributed by atoms with Crippen LogP contribution in [0.25, 0.3) is 0 Å². The molecule has 2 rings (SSSR count). The Balaban J connectivity index is 2.06. The average molecular weight is 358 g/mol. The fourth-order valence-electron chi connectivity index (χ4n) is 2.44. The molecule has 1 aromatic carbocycles. The van der Waals surface area contributed by atoms with E-state index in [-0.39, 0.29) is 0 Å². The summed E-state index contributed by atoms with van der Waals surface area (Å²) in [6.45, 7) is 5.47. The smallest absolute Gasteiger partial charge is 0.342 e. The number of imide groups is 1. The summed E-state index contributed by atoms with van der Waals surface area (Å²) in [6, 6.07) is 7.38.